The summed E-state index contributed by atoms with van der Waals surface area (Å²) in [5.74, 6) is -0.445. The normalized spacial score (nSPS) is 19.2. The van der Waals surface area contributed by atoms with Crippen LogP contribution in [0.4, 0.5) is 0 Å². The van der Waals surface area contributed by atoms with Crippen molar-refractivity contribution < 1.29 is 9.59 Å². The highest BCUT2D eigenvalue weighted by molar-refractivity contribution is 6.35. The third-order valence-electron chi connectivity index (χ3n) is 3.22. The standard InChI is InChI=1S/C15H17Cl2N3O2/c1-20(2)8-10-5-13(19-14(10)21)15(22)18-7-9-3-4-11(16)6-12(9)17/h3-4,6,8,13H,5,7H2,1-2H3,(H,18,22)(H,19,21)/b10-8-. The van der Waals surface area contributed by atoms with Crippen LogP contribution in [-0.2, 0) is 16.1 Å². The van der Waals surface area contributed by atoms with E-state index in [2.05, 4.69) is 10.6 Å². The molecule has 0 radical (unpaired) electrons. The fourth-order valence-electron chi connectivity index (χ4n) is 2.17. The zero-order valence-electron chi connectivity index (χ0n) is 12.3. The number of carbonyl (C=O) groups excluding carboxylic acids is 2. The van der Waals surface area contributed by atoms with Crippen LogP contribution in [0.2, 0.25) is 10.0 Å². The Balaban J connectivity index is 1.95. The monoisotopic (exact) mass is 341 g/mol. The number of carbonyl (C=O) groups is 2. The van der Waals surface area contributed by atoms with Gasteiger partial charge in [-0.25, -0.2) is 0 Å². The largest absolute Gasteiger partial charge is 0.383 e. The SMILES string of the molecule is CN(C)/C=C1/CC(C(=O)NCc2ccc(Cl)cc2Cl)NC1=O. The van der Waals surface area contributed by atoms with Gasteiger partial charge >= 0.3 is 0 Å². The first-order valence-corrected chi connectivity index (χ1v) is 7.52. The number of amides is 2. The lowest BCUT2D eigenvalue weighted by Crippen LogP contribution is -2.41. The summed E-state index contributed by atoms with van der Waals surface area (Å²) >= 11 is 11.9. The van der Waals surface area contributed by atoms with Crippen molar-refractivity contribution in [3.63, 3.8) is 0 Å². The summed E-state index contributed by atoms with van der Waals surface area (Å²) in [4.78, 5) is 25.7. The molecule has 2 amide bonds. The Labute approximate surface area is 139 Å². The second-order valence-electron chi connectivity index (χ2n) is 5.30. The van der Waals surface area contributed by atoms with Gasteiger partial charge in [0.1, 0.15) is 6.04 Å². The van der Waals surface area contributed by atoms with Crippen molar-refractivity contribution in [1.82, 2.24) is 15.5 Å². The maximum atomic E-state index is 12.1. The molecular weight excluding hydrogens is 325 g/mol. The Kier molecular flexibility index (Phi) is 5.32. The van der Waals surface area contributed by atoms with Crippen LogP contribution >= 0.6 is 23.2 Å². The number of halogens is 2. The average Bonchev–Trinajstić information content (AvgIpc) is 2.78. The smallest absolute Gasteiger partial charge is 0.249 e. The zero-order valence-corrected chi connectivity index (χ0v) is 13.8. The lowest BCUT2D eigenvalue weighted by atomic mass is 10.1. The molecule has 1 unspecified atom stereocenters. The van der Waals surface area contributed by atoms with Gasteiger partial charge in [-0.2, -0.15) is 0 Å². The van der Waals surface area contributed by atoms with Gasteiger partial charge in [-0.05, 0) is 17.7 Å². The number of benzene rings is 1. The molecule has 118 valence electrons. The van der Waals surface area contributed by atoms with Gasteiger partial charge in [0.2, 0.25) is 11.8 Å². The molecule has 2 N–H and O–H groups in total. The molecule has 1 aromatic rings. The molecule has 0 aliphatic carbocycles. The second-order valence-corrected chi connectivity index (χ2v) is 6.15. The van der Waals surface area contributed by atoms with E-state index in [1.807, 2.05) is 14.1 Å². The summed E-state index contributed by atoms with van der Waals surface area (Å²) in [7, 11) is 3.66. The minimum atomic E-state index is -0.551. The third-order valence-corrected chi connectivity index (χ3v) is 3.81. The lowest BCUT2D eigenvalue weighted by molar-refractivity contribution is -0.125. The zero-order chi connectivity index (χ0) is 16.3. The van der Waals surface area contributed by atoms with E-state index >= 15 is 0 Å². The van der Waals surface area contributed by atoms with Gasteiger partial charge in [-0.3, -0.25) is 9.59 Å². The molecule has 1 aromatic carbocycles. The molecule has 0 saturated carbocycles. The number of rotatable bonds is 4. The summed E-state index contributed by atoms with van der Waals surface area (Å²) in [6.45, 7) is 0.286. The van der Waals surface area contributed by atoms with Crippen molar-refractivity contribution in [1.29, 1.82) is 0 Å². The predicted octanol–water partition coefficient (Wildman–Crippen LogP) is 1.94. The van der Waals surface area contributed by atoms with Gasteiger partial charge in [0.05, 0.1) is 0 Å². The van der Waals surface area contributed by atoms with E-state index in [9.17, 15) is 9.59 Å². The van der Waals surface area contributed by atoms with Crippen LogP contribution in [0.15, 0.2) is 30.0 Å². The van der Waals surface area contributed by atoms with E-state index < -0.39 is 6.04 Å². The Hall–Kier alpha value is -1.72. The molecule has 1 aliphatic heterocycles. The summed E-state index contributed by atoms with van der Waals surface area (Å²) < 4.78 is 0. The van der Waals surface area contributed by atoms with E-state index in [1.54, 1.807) is 29.3 Å². The van der Waals surface area contributed by atoms with Gasteiger partial charge in [-0.15, -0.1) is 0 Å². The maximum Gasteiger partial charge on any atom is 0.249 e. The number of nitrogens with zero attached hydrogens (tertiary/aromatic N) is 1. The van der Waals surface area contributed by atoms with E-state index in [0.29, 0.717) is 22.0 Å². The van der Waals surface area contributed by atoms with Crippen molar-refractivity contribution in [2.24, 2.45) is 0 Å². The van der Waals surface area contributed by atoms with Gasteiger partial charge in [0.25, 0.3) is 0 Å². The van der Waals surface area contributed by atoms with Crippen molar-refractivity contribution in [3.8, 4) is 0 Å². The van der Waals surface area contributed by atoms with Crippen molar-refractivity contribution in [3.05, 3.63) is 45.6 Å². The third kappa shape index (κ3) is 4.15. The van der Waals surface area contributed by atoms with E-state index in [0.717, 1.165) is 5.56 Å². The second kappa shape index (κ2) is 7.03. The molecule has 22 heavy (non-hydrogen) atoms. The highest BCUT2D eigenvalue weighted by Gasteiger charge is 2.31. The van der Waals surface area contributed by atoms with Crippen molar-refractivity contribution in [2.75, 3.05) is 14.1 Å². The molecule has 1 aliphatic rings. The molecule has 1 saturated heterocycles. The molecule has 7 heteroatoms. The van der Waals surface area contributed by atoms with Crippen LogP contribution in [0.3, 0.4) is 0 Å². The van der Waals surface area contributed by atoms with Crippen LogP contribution in [0, 0.1) is 0 Å². The van der Waals surface area contributed by atoms with Gasteiger partial charge in [0.15, 0.2) is 0 Å². The Bertz CT molecular complexity index is 629. The van der Waals surface area contributed by atoms with Crippen molar-refractivity contribution in [2.45, 2.75) is 19.0 Å². The predicted molar refractivity (Wildman–Crippen MR) is 86.6 cm³/mol. The Morgan fingerprint density at radius 3 is 2.82 bits per heavy atom. The average molecular weight is 342 g/mol. The van der Waals surface area contributed by atoms with E-state index in [-0.39, 0.29) is 18.4 Å². The summed E-state index contributed by atoms with van der Waals surface area (Å²) in [5, 5.41) is 6.48. The molecular formula is C15H17Cl2N3O2. The molecule has 5 nitrogen and oxygen atoms in total. The summed E-state index contributed by atoms with van der Waals surface area (Å²) in [5.41, 5.74) is 1.36. The Morgan fingerprint density at radius 2 is 2.18 bits per heavy atom. The molecule has 1 heterocycles. The lowest BCUT2D eigenvalue weighted by Gasteiger charge is -2.11. The minimum absolute atomic E-state index is 0.210. The molecule has 0 aromatic heterocycles. The van der Waals surface area contributed by atoms with Crippen LogP contribution in [-0.4, -0.2) is 36.9 Å². The number of hydrogen-bond donors (Lipinski definition) is 2. The fourth-order valence-corrected chi connectivity index (χ4v) is 2.64. The molecule has 1 atom stereocenters. The maximum absolute atomic E-state index is 12.1. The summed E-state index contributed by atoms with van der Waals surface area (Å²) in [6, 6.07) is 4.55. The minimum Gasteiger partial charge on any atom is -0.383 e. The molecule has 0 spiro atoms. The first-order chi connectivity index (χ1) is 10.4. The van der Waals surface area contributed by atoms with Crippen LogP contribution in [0.25, 0.3) is 0 Å². The highest BCUT2D eigenvalue weighted by atomic mass is 35.5. The van der Waals surface area contributed by atoms with Crippen LogP contribution in [0.5, 0.6) is 0 Å². The first kappa shape index (κ1) is 16.6. The van der Waals surface area contributed by atoms with Gasteiger partial charge < -0.3 is 15.5 Å². The first-order valence-electron chi connectivity index (χ1n) is 6.76. The number of hydrogen-bond acceptors (Lipinski definition) is 3. The fraction of sp³-hybridized carbons (Fsp3) is 0.333. The molecule has 0 bridgehead atoms. The Morgan fingerprint density at radius 1 is 1.45 bits per heavy atom. The topological polar surface area (TPSA) is 61.4 Å². The van der Waals surface area contributed by atoms with E-state index in [4.69, 9.17) is 23.2 Å². The van der Waals surface area contributed by atoms with Crippen LogP contribution in [0.1, 0.15) is 12.0 Å². The van der Waals surface area contributed by atoms with Gasteiger partial charge in [-0.1, -0.05) is 29.3 Å². The van der Waals surface area contributed by atoms with Gasteiger partial charge in [0, 0.05) is 48.9 Å². The number of nitrogens with one attached hydrogen (secondary N) is 2. The molecule has 2 rings (SSSR count). The summed E-state index contributed by atoms with van der Waals surface area (Å²) in [6.07, 6.45) is 2.09. The quantitative estimate of drug-likeness (QED) is 0.822. The van der Waals surface area contributed by atoms with Crippen molar-refractivity contribution >= 4 is 35.0 Å². The highest BCUT2D eigenvalue weighted by Crippen LogP contribution is 2.21. The van der Waals surface area contributed by atoms with E-state index in [1.165, 1.54) is 0 Å². The van der Waals surface area contributed by atoms with Crippen LogP contribution < -0.4 is 10.6 Å². The molecule has 1 fully saturated rings.